The van der Waals surface area contributed by atoms with Crippen LogP contribution in [-0.4, -0.2) is 60.9 Å². The molecule has 0 spiro atoms. The Balaban J connectivity index is 2.07. The maximum atomic E-state index is 12.9. The number of carbonyl (C=O) groups is 2. The molecule has 2 rings (SSSR count). The van der Waals surface area contributed by atoms with Crippen LogP contribution in [0, 0.1) is 10.8 Å². The Morgan fingerprint density at radius 1 is 1.33 bits per heavy atom. The zero-order valence-electron chi connectivity index (χ0n) is 14.0. The van der Waals surface area contributed by atoms with Crippen LogP contribution < -0.4 is 5.32 Å². The molecule has 2 atom stereocenters. The second kappa shape index (κ2) is 5.59. The van der Waals surface area contributed by atoms with E-state index in [1.54, 1.807) is 0 Å². The molecule has 0 aromatic carbocycles. The van der Waals surface area contributed by atoms with Gasteiger partial charge >= 0.3 is 0 Å². The third-order valence-corrected chi connectivity index (χ3v) is 5.03. The second-order valence-electron chi connectivity index (χ2n) is 7.95. The highest BCUT2D eigenvalue weighted by atomic mass is 16.2. The highest BCUT2D eigenvalue weighted by molar-refractivity contribution is 5.86. The van der Waals surface area contributed by atoms with Gasteiger partial charge in [0.05, 0.1) is 5.41 Å². The van der Waals surface area contributed by atoms with Gasteiger partial charge in [0.15, 0.2) is 0 Å². The van der Waals surface area contributed by atoms with Gasteiger partial charge in [-0.25, -0.2) is 0 Å². The molecule has 2 aliphatic heterocycles. The highest BCUT2D eigenvalue weighted by Gasteiger charge is 2.43. The topological polar surface area (TPSA) is 52.7 Å². The molecule has 0 bridgehead atoms. The Kier molecular flexibility index (Phi) is 4.34. The molecule has 2 unspecified atom stereocenters. The third kappa shape index (κ3) is 3.39. The van der Waals surface area contributed by atoms with E-state index >= 15 is 0 Å². The number of amides is 2. The van der Waals surface area contributed by atoms with Crippen molar-refractivity contribution in [2.45, 2.75) is 46.6 Å². The van der Waals surface area contributed by atoms with Gasteiger partial charge in [0.25, 0.3) is 0 Å². The molecule has 0 saturated carbocycles. The average molecular weight is 295 g/mol. The molecule has 2 fully saturated rings. The fourth-order valence-electron chi connectivity index (χ4n) is 3.42. The molecule has 0 aromatic rings. The minimum atomic E-state index is -0.438. The first-order valence-electron chi connectivity index (χ1n) is 7.90. The number of carbonyl (C=O) groups excluding carboxylic acids is 2. The Bertz CT molecular complexity index is 418. The van der Waals surface area contributed by atoms with Crippen LogP contribution in [0.15, 0.2) is 0 Å². The fraction of sp³-hybridized carbons (Fsp3) is 0.875. The fourth-order valence-corrected chi connectivity index (χ4v) is 3.42. The molecule has 21 heavy (non-hydrogen) atoms. The van der Waals surface area contributed by atoms with E-state index in [4.69, 9.17) is 0 Å². The molecule has 5 nitrogen and oxygen atoms in total. The van der Waals surface area contributed by atoms with Crippen LogP contribution in [0.2, 0.25) is 0 Å². The van der Waals surface area contributed by atoms with Crippen molar-refractivity contribution in [2.75, 3.05) is 33.2 Å². The first-order valence-corrected chi connectivity index (χ1v) is 7.90. The van der Waals surface area contributed by atoms with Gasteiger partial charge in [-0.15, -0.1) is 0 Å². The Morgan fingerprint density at radius 2 is 2.00 bits per heavy atom. The molecule has 2 aliphatic rings. The number of rotatable bonds is 1. The Morgan fingerprint density at radius 3 is 2.52 bits per heavy atom. The van der Waals surface area contributed by atoms with E-state index in [1.165, 1.54) is 0 Å². The molecular weight excluding hydrogens is 266 g/mol. The average Bonchev–Trinajstić information content (AvgIpc) is 2.41. The Labute approximate surface area is 128 Å². The van der Waals surface area contributed by atoms with Crippen LogP contribution in [0.1, 0.15) is 40.5 Å². The van der Waals surface area contributed by atoms with Crippen molar-refractivity contribution >= 4 is 11.8 Å². The molecule has 2 heterocycles. The molecule has 2 saturated heterocycles. The van der Waals surface area contributed by atoms with Crippen LogP contribution in [-0.2, 0) is 9.59 Å². The lowest BCUT2D eigenvalue weighted by molar-refractivity contribution is -0.147. The molecule has 1 N–H and O–H groups in total. The summed E-state index contributed by atoms with van der Waals surface area (Å²) in [7, 11) is 2.14. The monoisotopic (exact) mass is 295 g/mol. The van der Waals surface area contributed by atoms with Gasteiger partial charge in [-0.1, -0.05) is 20.8 Å². The quantitative estimate of drug-likeness (QED) is 0.788. The van der Waals surface area contributed by atoms with Gasteiger partial charge in [-0.2, -0.15) is 0 Å². The number of piperazine rings is 1. The van der Waals surface area contributed by atoms with E-state index in [2.05, 4.69) is 38.0 Å². The van der Waals surface area contributed by atoms with E-state index in [0.717, 1.165) is 19.6 Å². The third-order valence-electron chi connectivity index (χ3n) is 5.03. The van der Waals surface area contributed by atoms with Gasteiger partial charge in [0, 0.05) is 38.6 Å². The lowest BCUT2D eigenvalue weighted by Crippen LogP contribution is -2.61. The van der Waals surface area contributed by atoms with Gasteiger partial charge in [-0.3, -0.25) is 14.5 Å². The molecule has 0 aliphatic carbocycles. The minimum absolute atomic E-state index is 0.0613. The van der Waals surface area contributed by atoms with Crippen LogP contribution in [0.5, 0.6) is 0 Å². The van der Waals surface area contributed by atoms with Crippen molar-refractivity contribution in [1.29, 1.82) is 0 Å². The summed E-state index contributed by atoms with van der Waals surface area (Å²) in [5, 5.41) is 2.85. The molecular formula is C16H29N3O2. The van der Waals surface area contributed by atoms with Crippen LogP contribution >= 0.6 is 0 Å². The van der Waals surface area contributed by atoms with E-state index < -0.39 is 5.41 Å². The lowest BCUT2D eigenvalue weighted by atomic mass is 9.79. The number of piperidine rings is 1. The van der Waals surface area contributed by atoms with Gasteiger partial charge < -0.3 is 10.2 Å². The largest absolute Gasteiger partial charge is 0.355 e. The molecule has 5 heteroatoms. The smallest absolute Gasteiger partial charge is 0.230 e. The highest BCUT2D eigenvalue weighted by Crippen LogP contribution is 2.32. The van der Waals surface area contributed by atoms with E-state index in [9.17, 15) is 9.59 Å². The maximum absolute atomic E-state index is 12.9. The number of hydrogen-bond acceptors (Lipinski definition) is 3. The van der Waals surface area contributed by atoms with Gasteiger partial charge in [-0.05, 0) is 25.8 Å². The lowest BCUT2D eigenvalue weighted by Gasteiger charge is -2.48. The number of hydrogen-bond donors (Lipinski definition) is 1. The van der Waals surface area contributed by atoms with Crippen molar-refractivity contribution in [2.24, 2.45) is 10.8 Å². The van der Waals surface area contributed by atoms with Crippen molar-refractivity contribution in [1.82, 2.24) is 15.1 Å². The summed E-state index contributed by atoms with van der Waals surface area (Å²) >= 11 is 0. The summed E-state index contributed by atoms with van der Waals surface area (Å²) in [5.41, 5.74) is -0.290. The standard InChI is InChI=1S/C16H29N3O2/c1-15(2,3)12-10-19(9-8-18(12)5)14(21)16(4)7-6-13(20)17-11-16/h12H,6-11H2,1-5H3,(H,17,20). The normalized spacial score (nSPS) is 32.0. The predicted molar refractivity (Wildman–Crippen MR) is 82.8 cm³/mol. The molecule has 0 radical (unpaired) electrons. The predicted octanol–water partition coefficient (Wildman–Crippen LogP) is 1.09. The van der Waals surface area contributed by atoms with Crippen molar-refractivity contribution in [3.05, 3.63) is 0 Å². The van der Waals surface area contributed by atoms with Gasteiger partial charge in [0.1, 0.15) is 0 Å². The van der Waals surface area contributed by atoms with E-state index in [1.807, 2.05) is 11.8 Å². The van der Waals surface area contributed by atoms with E-state index in [-0.39, 0.29) is 17.2 Å². The minimum Gasteiger partial charge on any atom is -0.355 e. The second-order valence-corrected chi connectivity index (χ2v) is 7.95. The first kappa shape index (κ1) is 16.3. The maximum Gasteiger partial charge on any atom is 0.230 e. The molecule has 2 amide bonds. The summed E-state index contributed by atoms with van der Waals surface area (Å²) in [6.07, 6.45) is 1.11. The Hall–Kier alpha value is -1.10. The van der Waals surface area contributed by atoms with Gasteiger partial charge in [0.2, 0.25) is 11.8 Å². The summed E-state index contributed by atoms with van der Waals surface area (Å²) in [6.45, 7) is 11.6. The van der Waals surface area contributed by atoms with Crippen LogP contribution in [0.25, 0.3) is 0 Å². The number of nitrogens with one attached hydrogen (secondary N) is 1. The summed E-state index contributed by atoms with van der Waals surface area (Å²) in [4.78, 5) is 28.6. The van der Waals surface area contributed by atoms with Crippen LogP contribution in [0.4, 0.5) is 0 Å². The molecule has 0 aromatic heterocycles. The summed E-state index contributed by atoms with van der Waals surface area (Å²) < 4.78 is 0. The summed E-state index contributed by atoms with van der Waals surface area (Å²) in [5.74, 6) is 0.260. The number of likely N-dealkylation sites (N-methyl/N-ethyl adjacent to an activating group) is 1. The van der Waals surface area contributed by atoms with Crippen molar-refractivity contribution in [3.8, 4) is 0 Å². The number of nitrogens with zero attached hydrogens (tertiary/aromatic N) is 2. The van der Waals surface area contributed by atoms with Crippen LogP contribution in [0.3, 0.4) is 0 Å². The first-order chi connectivity index (χ1) is 9.63. The van der Waals surface area contributed by atoms with E-state index in [0.29, 0.717) is 25.4 Å². The summed E-state index contributed by atoms with van der Waals surface area (Å²) in [6, 6.07) is 0.372. The van der Waals surface area contributed by atoms with Crippen molar-refractivity contribution < 1.29 is 9.59 Å². The zero-order valence-corrected chi connectivity index (χ0v) is 14.0. The van der Waals surface area contributed by atoms with Crippen molar-refractivity contribution in [3.63, 3.8) is 0 Å². The molecule has 120 valence electrons. The SMILES string of the molecule is CN1CCN(C(=O)C2(C)CCC(=O)NC2)CC1C(C)(C)C. The zero-order chi connectivity index (χ0) is 15.8.